The van der Waals surface area contributed by atoms with E-state index >= 15 is 0 Å². The molecular weight excluding hydrogens is 215 g/mol. The third-order valence-corrected chi connectivity index (χ3v) is 2.22. The second kappa shape index (κ2) is 6.27. The van der Waals surface area contributed by atoms with E-state index in [0.717, 1.165) is 5.56 Å². The lowest BCUT2D eigenvalue weighted by Crippen LogP contribution is -2.03. The van der Waals surface area contributed by atoms with Crippen molar-refractivity contribution >= 4 is 14.7 Å². The molecule has 0 aliphatic rings. The second-order valence-electron chi connectivity index (χ2n) is 3.00. The largest absolute Gasteiger partial charge is 0.398 e. The number of hydrogen-bond acceptors (Lipinski definition) is 4. The van der Waals surface area contributed by atoms with Crippen LogP contribution in [0.2, 0.25) is 0 Å². The van der Waals surface area contributed by atoms with Crippen molar-refractivity contribution in [2.45, 2.75) is 18.9 Å². The molecule has 1 aromatic rings. The number of rotatable bonds is 5. The highest BCUT2D eigenvalue weighted by Crippen LogP contribution is 2.18. The Morgan fingerprint density at radius 3 is 2.67 bits per heavy atom. The SMILES string of the molecule is O=POC(=O)CCC(O)c1ccccc1. The van der Waals surface area contributed by atoms with Crippen LogP contribution < -0.4 is 0 Å². The van der Waals surface area contributed by atoms with Gasteiger partial charge in [-0.25, -0.2) is 4.57 Å². The van der Waals surface area contributed by atoms with Gasteiger partial charge in [0.15, 0.2) is 0 Å². The molecule has 80 valence electrons. The lowest BCUT2D eigenvalue weighted by molar-refractivity contribution is -0.134. The summed E-state index contributed by atoms with van der Waals surface area (Å²) >= 11 is 0. The first-order chi connectivity index (χ1) is 7.24. The molecule has 15 heavy (non-hydrogen) atoms. The van der Waals surface area contributed by atoms with Gasteiger partial charge in [0.05, 0.1) is 6.10 Å². The van der Waals surface area contributed by atoms with Crippen LogP contribution in [0.1, 0.15) is 24.5 Å². The van der Waals surface area contributed by atoms with E-state index in [1.165, 1.54) is 0 Å². The van der Waals surface area contributed by atoms with Crippen LogP contribution in [0.3, 0.4) is 0 Å². The van der Waals surface area contributed by atoms with Gasteiger partial charge >= 0.3 is 14.7 Å². The topological polar surface area (TPSA) is 63.6 Å². The summed E-state index contributed by atoms with van der Waals surface area (Å²) in [5.74, 6) is -0.582. The number of aliphatic hydroxyl groups excluding tert-OH is 1. The van der Waals surface area contributed by atoms with E-state index in [-0.39, 0.29) is 12.8 Å². The molecule has 0 amide bonds. The Morgan fingerprint density at radius 1 is 1.40 bits per heavy atom. The molecule has 0 aromatic heterocycles. The van der Waals surface area contributed by atoms with E-state index in [0.29, 0.717) is 0 Å². The molecule has 0 heterocycles. The molecular formula is C10H11O4P. The average Bonchev–Trinajstić information content (AvgIpc) is 2.27. The van der Waals surface area contributed by atoms with Crippen molar-refractivity contribution in [3.8, 4) is 0 Å². The van der Waals surface area contributed by atoms with Gasteiger partial charge in [0.25, 0.3) is 0 Å². The standard InChI is InChI=1S/C10H11O4P/c11-9(6-7-10(12)14-15-13)8-4-2-1-3-5-8/h1-5,9,11H,6-7H2. The minimum absolute atomic E-state index is 0.0469. The van der Waals surface area contributed by atoms with Crippen molar-refractivity contribution in [2.24, 2.45) is 0 Å². The summed E-state index contributed by atoms with van der Waals surface area (Å²) < 4.78 is 14.1. The molecule has 1 rings (SSSR count). The fourth-order valence-corrected chi connectivity index (χ4v) is 1.36. The summed E-state index contributed by atoms with van der Waals surface area (Å²) in [5, 5.41) is 9.65. The Bertz CT molecular complexity index is 325. The molecule has 4 nitrogen and oxygen atoms in total. The molecule has 0 fully saturated rings. The molecule has 0 aliphatic carbocycles. The first kappa shape index (κ1) is 11.8. The number of carbonyl (C=O) groups is 1. The van der Waals surface area contributed by atoms with Crippen molar-refractivity contribution in [3.05, 3.63) is 35.9 Å². The maximum Gasteiger partial charge on any atom is 0.398 e. The molecule has 1 atom stereocenters. The van der Waals surface area contributed by atoms with E-state index in [1.807, 2.05) is 18.2 Å². The second-order valence-corrected chi connectivity index (χ2v) is 3.33. The molecule has 1 unspecified atom stereocenters. The zero-order valence-corrected chi connectivity index (χ0v) is 8.89. The van der Waals surface area contributed by atoms with E-state index in [2.05, 4.69) is 4.52 Å². The van der Waals surface area contributed by atoms with Crippen molar-refractivity contribution in [1.29, 1.82) is 0 Å². The van der Waals surface area contributed by atoms with E-state index in [1.54, 1.807) is 12.1 Å². The highest BCUT2D eigenvalue weighted by Gasteiger charge is 2.10. The molecule has 1 N–H and O–H groups in total. The Hall–Kier alpha value is -1.25. The number of benzene rings is 1. The van der Waals surface area contributed by atoms with E-state index in [9.17, 15) is 14.5 Å². The molecule has 0 spiro atoms. The van der Waals surface area contributed by atoms with Crippen LogP contribution in [-0.2, 0) is 13.9 Å². The molecule has 5 heteroatoms. The van der Waals surface area contributed by atoms with Gasteiger partial charge in [-0.2, -0.15) is 0 Å². The van der Waals surface area contributed by atoms with Crippen LogP contribution in [0.15, 0.2) is 30.3 Å². The van der Waals surface area contributed by atoms with Gasteiger partial charge in [-0.3, -0.25) is 4.79 Å². The Balaban J connectivity index is 2.40. The quantitative estimate of drug-likeness (QED) is 0.782. The zero-order chi connectivity index (χ0) is 11.1. The predicted octanol–water partition coefficient (Wildman–Crippen LogP) is 2.25. The summed E-state index contributed by atoms with van der Waals surface area (Å²) in [7, 11) is -0.649. The summed E-state index contributed by atoms with van der Waals surface area (Å²) in [4.78, 5) is 10.8. The molecule has 1 aromatic carbocycles. The molecule has 0 radical (unpaired) electrons. The third kappa shape index (κ3) is 4.19. The molecule has 0 bridgehead atoms. The Kier molecular flexibility index (Phi) is 4.95. The summed E-state index contributed by atoms with van der Waals surface area (Å²) in [6, 6.07) is 9.03. The van der Waals surface area contributed by atoms with Crippen LogP contribution in [-0.4, -0.2) is 11.1 Å². The van der Waals surface area contributed by atoms with Gasteiger partial charge in [0, 0.05) is 6.42 Å². The van der Waals surface area contributed by atoms with Gasteiger partial charge in [-0.05, 0) is 12.0 Å². The van der Waals surface area contributed by atoms with Crippen LogP contribution in [0, 0.1) is 0 Å². The summed E-state index contributed by atoms with van der Waals surface area (Å²) in [6.07, 6.45) is -0.383. The van der Waals surface area contributed by atoms with Crippen molar-refractivity contribution < 1.29 is 19.0 Å². The number of aliphatic hydroxyl groups is 1. The molecule has 0 saturated heterocycles. The van der Waals surface area contributed by atoms with E-state index in [4.69, 9.17) is 0 Å². The van der Waals surface area contributed by atoms with Crippen LogP contribution >= 0.6 is 8.69 Å². The minimum Gasteiger partial charge on any atom is -0.388 e. The number of carbonyl (C=O) groups excluding carboxylic acids is 1. The van der Waals surface area contributed by atoms with Gasteiger partial charge in [0.1, 0.15) is 0 Å². The van der Waals surface area contributed by atoms with Crippen LogP contribution in [0.5, 0.6) is 0 Å². The maximum atomic E-state index is 10.8. The monoisotopic (exact) mass is 226 g/mol. The third-order valence-electron chi connectivity index (χ3n) is 1.95. The van der Waals surface area contributed by atoms with Crippen molar-refractivity contribution in [3.63, 3.8) is 0 Å². The lowest BCUT2D eigenvalue weighted by Gasteiger charge is -2.08. The molecule has 0 aliphatic heterocycles. The predicted molar refractivity (Wildman–Crippen MR) is 54.3 cm³/mol. The maximum absolute atomic E-state index is 10.8. The number of hydrogen-bond donors (Lipinski definition) is 1. The van der Waals surface area contributed by atoms with Gasteiger partial charge in [-0.1, -0.05) is 30.3 Å². The van der Waals surface area contributed by atoms with Gasteiger partial charge < -0.3 is 9.63 Å². The molecule has 0 saturated carbocycles. The highest BCUT2D eigenvalue weighted by atomic mass is 31.1. The Labute approximate surface area is 89.2 Å². The Morgan fingerprint density at radius 2 is 2.07 bits per heavy atom. The van der Waals surface area contributed by atoms with Crippen molar-refractivity contribution in [1.82, 2.24) is 0 Å². The van der Waals surface area contributed by atoms with Crippen LogP contribution in [0.25, 0.3) is 0 Å². The fourth-order valence-electron chi connectivity index (χ4n) is 1.18. The zero-order valence-electron chi connectivity index (χ0n) is 8.00. The fraction of sp³-hybridized carbons (Fsp3) is 0.300. The summed E-state index contributed by atoms with van der Waals surface area (Å²) in [6.45, 7) is 0. The first-order valence-electron chi connectivity index (χ1n) is 4.49. The van der Waals surface area contributed by atoms with Gasteiger partial charge in [0.2, 0.25) is 0 Å². The minimum atomic E-state index is -0.693. The van der Waals surface area contributed by atoms with Gasteiger partial charge in [-0.15, -0.1) is 0 Å². The lowest BCUT2D eigenvalue weighted by atomic mass is 10.1. The summed E-state index contributed by atoms with van der Waals surface area (Å²) in [5.41, 5.74) is 0.755. The smallest absolute Gasteiger partial charge is 0.388 e. The first-order valence-corrected chi connectivity index (χ1v) is 5.22. The van der Waals surface area contributed by atoms with E-state index < -0.39 is 20.8 Å². The van der Waals surface area contributed by atoms with Crippen molar-refractivity contribution in [2.75, 3.05) is 0 Å². The highest BCUT2D eigenvalue weighted by molar-refractivity contribution is 7.18. The normalized spacial score (nSPS) is 12.3. The average molecular weight is 226 g/mol. The van der Waals surface area contributed by atoms with Crippen LogP contribution in [0.4, 0.5) is 0 Å².